The van der Waals surface area contributed by atoms with Gasteiger partial charge in [-0.05, 0) is 51.0 Å². The zero-order valence-corrected chi connectivity index (χ0v) is 13.4. The van der Waals surface area contributed by atoms with Crippen LogP contribution in [0, 0.1) is 19.3 Å². The molecule has 0 heterocycles. The lowest BCUT2D eigenvalue weighted by molar-refractivity contribution is 0.500. The van der Waals surface area contributed by atoms with Gasteiger partial charge in [0.25, 0.3) is 0 Å². The molecule has 0 N–H and O–H groups in total. The summed E-state index contributed by atoms with van der Waals surface area (Å²) in [7, 11) is 0. The average molecular weight is 277 g/mol. The van der Waals surface area contributed by atoms with E-state index >= 15 is 0 Å². The summed E-state index contributed by atoms with van der Waals surface area (Å²) < 4.78 is 0. The highest BCUT2D eigenvalue weighted by atomic mass is 15.2. The molecule has 2 aromatic carbocycles. The summed E-state index contributed by atoms with van der Waals surface area (Å²) in [6, 6.07) is 16.7. The van der Waals surface area contributed by atoms with Crippen molar-refractivity contribution in [1.82, 2.24) is 0 Å². The van der Waals surface area contributed by atoms with E-state index < -0.39 is 0 Å². The second-order valence-electron chi connectivity index (χ2n) is 6.34. The Morgan fingerprint density at radius 3 is 2.24 bits per heavy atom. The van der Waals surface area contributed by atoms with Crippen LogP contribution in [0.25, 0.3) is 0 Å². The van der Waals surface area contributed by atoms with Crippen LogP contribution >= 0.6 is 0 Å². The van der Waals surface area contributed by atoms with Gasteiger partial charge in [0.05, 0.1) is 5.69 Å². The van der Waals surface area contributed by atoms with Crippen molar-refractivity contribution < 1.29 is 0 Å². The zero-order valence-electron chi connectivity index (χ0n) is 13.4. The van der Waals surface area contributed by atoms with E-state index in [1.54, 1.807) is 0 Å². The number of nitrogens with zero attached hydrogens (tertiary/aromatic N) is 1. The third-order valence-corrected chi connectivity index (χ3v) is 3.75. The van der Waals surface area contributed by atoms with Crippen LogP contribution in [0.2, 0.25) is 0 Å². The van der Waals surface area contributed by atoms with Crippen LogP contribution in [-0.4, -0.2) is 5.54 Å². The molecular formula is C20H23N. The minimum atomic E-state index is -0.00473. The van der Waals surface area contributed by atoms with E-state index in [1.807, 2.05) is 18.2 Å². The van der Waals surface area contributed by atoms with Crippen molar-refractivity contribution in [2.24, 2.45) is 0 Å². The van der Waals surface area contributed by atoms with E-state index in [9.17, 15) is 0 Å². The molecule has 0 unspecified atom stereocenters. The van der Waals surface area contributed by atoms with Crippen LogP contribution in [0.5, 0.6) is 0 Å². The van der Waals surface area contributed by atoms with Gasteiger partial charge in [-0.3, -0.25) is 0 Å². The molecule has 0 aliphatic carbocycles. The van der Waals surface area contributed by atoms with Crippen LogP contribution in [0.3, 0.4) is 0 Å². The molecule has 0 aromatic heterocycles. The first kappa shape index (κ1) is 15.2. The molecular weight excluding hydrogens is 254 g/mol. The van der Waals surface area contributed by atoms with Gasteiger partial charge in [-0.15, -0.1) is 6.42 Å². The van der Waals surface area contributed by atoms with E-state index in [-0.39, 0.29) is 5.54 Å². The van der Waals surface area contributed by atoms with Gasteiger partial charge in [0.15, 0.2) is 0 Å². The van der Waals surface area contributed by atoms with E-state index in [0.717, 1.165) is 17.8 Å². The molecule has 0 saturated carbocycles. The van der Waals surface area contributed by atoms with E-state index in [0.29, 0.717) is 0 Å². The van der Waals surface area contributed by atoms with Gasteiger partial charge in [0.1, 0.15) is 0 Å². The second kappa shape index (κ2) is 6.06. The van der Waals surface area contributed by atoms with E-state index in [4.69, 9.17) is 6.42 Å². The predicted molar refractivity (Wildman–Crippen MR) is 91.5 cm³/mol. The first-order chi connectivity index (χ1) is 9.93. The normalized spacial score (nSPS) is 11.0. The van der Waals surface area contributed by atoms with E-state index in [2.05, 4.69) is 68.8 Å². The average Bonchev–Trinajstić information content (AvgIpc) is 2.45. The molecule has 1 nitrogen and oxygen atoms in total. The molecule has 0 radical (unpaired) electrons. The highest BCUT2D eigenvalue weighted by Crippen LogP contribution is 2.29. The first-order valence-corrected chi connectivity index (χ1v) is 7.31. The summed E-state index contributed by atoms with van der Waals surface area (Å²) in [5.41, 5.74) is 4.70. The van der Waals surface area contributed by atoms with Crippen molar-refractivity contribution in [3.63, 3.8) is 0 Å². The van der Waals surface area contributed by atoms with Crippen molar-refractivity contribution in [2.45, 2.75) is 39.8 Å². The van der Waals surface area contributed by atoms with Crippen LogP contribution in [0.1, 0.15) is 37.5 Å². The van der Waals surface area contributed by atoms with Crippen molar-refractivity contribution in [3.05, 3.63) is 65.2 Å². The number of terminal acetylenes is 1. The molecule has 108 valence electrons. The number of rotatable bonds is 3. The zero-order chi connectivity index (χ0) is 15.5. The molecule has 0 amide bonds. The molecule has 21 heavy (non-hydrogen) atoms. The maximum absolute atomic E-state index is 5.68. The lowest BCUT2D eigenvalue weighted by Crippen LogP contribution is -2.41. The number of aryl methyl sites for hydroxylation is 1. The third kappa shape index (κ3) is 3.47. The Bertz CT molecular complexity index is 656. The molecule has 0 saturated heterocycles. The van der Waals surface area contributed by atoms with Gasteiger partial charge in [0.2, 0.25) is 0 Å². The minimum absolute atomic E-state index is 0.00473. The molecule has 0 aliphatic rings. The maximum Gasteiger partial charge on any atom is 0.0532 e. The standard InChI is InChI=1S/C20H23N/c1-6-17-12-9-10-14-19(17)21(20(3,4)5)15-18-13-8-7-11-16(18)2/h1,7-14H,15H2,2-5H3. The Kier molecular flexibility index (Phi) is 4.38. The lowest BCUT2D eigenvalue weighted by Gasteiger charge is -2.39. The summed E-state index contributed by atoms with van der Waals surface area (Å²) in [6.07, 6.45) is 5.68. The summed E-state index contributed by atoms with van der Waals surface area (Å²) >= 11 is 0. The molecule has 0 fully saturated rings. The number of anilines is 1. The van der Waals surface area contributed by atoms with Gasteiger partial charge in [-0.25, -0.2) is 0 Å². The van der Waals surface area contributed by atoms with Gasteiger partial charge in [-0.1, -0.05) is 42.3 Å². The lowest BCUT2D eigenvalue weighted by atomic mass is 9.99. The van der Waals surface area contributed by atoms with Crippen molar-refractivity contribution >= 4 is 5.69 Å². The second-order valence-corrected chi connectivity index (χ2v) is 6.34. The summed E-state index contributed by atoms with van der Waals surface area (Å²) in [5, 5.41) is 0. The molecule has 2 aromatic rings. The van der Waals surface area contributed by atoms with Crippen molar-refractivity contribution in [1.29, 1.82) is 0 Å². The number of benzene rings is 2. The van der Waals surface area contributed by atoms with Gasteiger partial charge >= 0.3 is 0 Å². The minimum Gasteiger partial charge on any atom is -0.361 e. The SMILES string of the molecule is C#Cc1ccccc1N(Cc1ccccc1C)C(C)(C)C. The van der Waals surface area contributed by atoms with Gasteiger partial charge < -0.3 is 4.90 Å². The van der Waals surface area contributed by atoms with Crippen molar-refractivity contribution in [2.75, 3.05) is 4.90 Å². The van der Waals surface area contributed by atoms with Gasteiger partial charge in [-0.2, -0.15) is 0 Å². The molecule has 2 rings (SSSR count). The van der Waals surface area contributed by atoms with Crippen molar-refractivity contribution in [3.8, 4) is 12.3 Å². The Morgan fingerprint density at radius 2 is 1.62 bits per heavy atom. The Hall–Kier alpha value is -2.20. The van der Waals surface area contributed by atoms with Crippen LogP contribution in [0.15, 0.2) is 48.5 Å². The first-order valence-electron chi connectivity index (χ1n) is 7.31. The number of para-hydroxylation sites is 1. The van der Waals surface area contributed by atoms with Crippen LogP contribution in [0.4, 0.5) is 5.69 Å². The maximum atomic E-state index is 5.68. The smallest absolute Gasteiger partial charge is 0.0532 e. The quantitative estimate of drug-likeness (QED) is 0.730. The fourth-order valence-electron chi connectivity index (χ4n) is 2.47. The van der Waals surface area contributed by atoms with Gasteiger partial charge in [0, 0.05) is 17.6 Å². The summed E-state index contributed by atoms with van der Waals surface area (Å²) in [5.74, 6) is 2.81. The monoisotopic (exact) mass is 277 g/mol. The highest BCUT2D eigenvalue weighted by Gasteiger charge is 2.23. The molecule has 0 aliphatic heterocycles. The Labute approximate surface area is 128 Å². The van der Waals surface area contributed by atoms with Crippen LogP contribution < -0.4 is 4.90 Å². The third-order valence-electron chi connectivity index (χ3n) is 3.75. The topological polar surface area (TPSA) is 3.24 Å². The highest BCUT2D eigenvalue weighted by molar-refractivity contribution is 5.61. The summed E-state index contributed by atoms with van der Waals surface area (Å²) in [4.78, 5) is 2.38. The molecule has 1 heteroatoms. The van der Waals surface area contributed by atoms with E-state index in [1.165, 1.54) is 11.1 Å². The summed E-state index contributed by atoms with van der Waals surface area (Å²) in [6.45, 7) is 9.67. The fourth-order valence-corrected chi connectivity index (χ4v) is 2.47. The molecule has 0 spiro atoms. The molecule has 0 atom stereocenters. The fraction of sp³-hybridized carbons (Fsp3) is 0.300. The van der Waals surface area contributed by atoms with Crippen LogP contribution in [-0.2, 0) is 6.54 Å². The Morgan fingerprint density at radius 1 is 1.00 bits per heavy atom. The molecule has 0 bridgehead atoms. The number of hydrogen-bond donors (Lipinski definition) is 0. The predicted octanol–water partition coefficient (Wildman–Crippen LogP) is 4.78. The Balaban J connectivity index is 2.46. The largest absolute Gasteiger partial charge is 0.361 e. The number of hydrogen-bond acceptors (Lipinski definition) is 1.